The molecule has 1 atom stereocenters. The molecule has 2 heteroatoms. The third-order valence-electron chi connectivity index (χ3n) is 3.39. The highest BCUT2D eigenvalue weighted by atomic mass is 16.3. The number of benzene rings is 2. The average Bonchev–Trinajstić information content (AvgIpc) is 2.56. The summed E-state index contributed by atoms with van der Waals surface area (Å²) in [6.07, 6.45) is 4.98. The quantitative estimate of drug-likeness (QED) is 0.761. The van der Waals surface area contributed by atoms with Crippen molar-refractivity contribution in [3.05, 3.63) is 90.0 Å². The minimum Gasteiger partial charge on any atom is -0.385 e. The molecule has 2 nitrogen and oxygen atoms in total. The van der Waals surface area contributed by atoms with E-state index in [2.05, 4.69) is 29.6 Å². The average molecular weight is 293 g/mol. The van der Waals surface area contributed by atoms with Crippen molar-refractivity contribution in [2.24, 2.45) is 0 Å². The summed E-state index contributed by atoms with van der Waals surface area (Å²) in [5, 5.41) is 13.5. The first-order valence-electron chi connectivity index (χ1n) is 7.61. The van der Waals surface area contributed by atoms with Crippen LogP contribution in [0.2, 0.25) is 0 Å². The minimum absolute atomic E-state index is 0.557. The Morgan fingerprint density at radius 2 is 1.68 bits per heavy atom. The van der Waals surface area contributed by atoms with Crippen LogP contribution in [0.5, 0.6) is 0 Å². The first kappa shape index (κ1) is 16.2. The zero-order valence-corrected chi connectivity index (χ0v) is 12.9. The van der Waals surface area contributed by atoms with E-state index in [1.807, 2.05) is 55.5 Å². The van der Waals surface area contributed by atoms with Crippen molar-refractivity contribution < 1.29 is 5.11 Å². The fourth-order valence-corrected chi connectivity index (χ4v) is 2.31. The van der Waals surface area contributed by atoms with Crippen LogP contribution in [-0.2, 0) is 6.54 Å². The molecule has 0 fully saturated rings. The molecule has 0 amide bonds. The zero-order valence-electron chi connectivity index (χ0n) is 12.9. The maximum absolute atomic E-state index is 10.0. The van der Waals surface area contributed by atoms with Crippen LogP contribution in [0.25, 0.3) is 5.57 Å². The Morgan fingerprint density at radius 3 is 2.32 bits per heavy atom. The molecule has 0 heterocycles. The Balaban J connectivity index is 2.05. The maximum atomic E-state index is 10.0. The van der Waals surface area contributed by atoms with Crippen LogP contribution in [0, 0.1) is 0 Å². The number of aliphatic hydroxyl groups is 1. The second-order valence-corrected chi connectivity index (χ2v) is 5.16. The lowest BCUT2D eigenvalue weighted by Gasteiger charge is -2.11. The monoisotopic (exact) mass is 293 g/mol. The lowest BCUT2D eigenvalue weighted by molar-refractivity contribution is 0.272. The second kappa shape index (κ2) is 8.98. The van der Waals surface area contributed by atoms with Crippen LogP contribution < -0.4 is 5.32 Å². The van der Waals surface area contributed by atoms with E-state index in [9.17, 15) is 5.11 Å². The Kier molecular flexibility index (Phi) is 6.62. The lowest BCUT2D eigenvalue weighted by atomic mass is 10.0. The van der Waals surface area contributed by atoms with E-state index in [1.54, 1.807) is 6.08 Å². The molecular weight excluding hydrogens is 270 g/mol. The zero-order chi connectivity index (χ0) is 15.6. The Hall–Kier alpha value is -2.16. The first-order chi connectivity index (χ1) is 10.8. The molecule has 1 unspecified atom stereocenters. The highest BCUT2D eigenvalue weighted by Crippen LogP contribution is 2.14. The molecule has 0 aliphatic heterocycles. The molecule has 0 aliphatic rings. The van der Waals surface area contributed by atoms with Crippen molar-refractivity contribution in [1.29, 1.82) is 0 Å². The molecule has 114 valence electrons. The van der Waals surface area contributed by atoms with Crippen molar-refractivity contribution in [2.75, 3.05) is 6.54 Å². The molecule has 2 aromatic rings. The molecule has 0 aliphatic carbocycles. The van der Waals surface area contributed by atoms with Crippen molar-refractivity contribution in [3.8, 4) is 0 Å². The molecule has 0 aromatic heterocycles. The van der Waals surface area contributed by atoms with Crippen molar-refractivity contribution in [2.45, 2.75) is 19.6 Å². The van der Waals surface area contributed by atoms with Gasteiger partial charge in [0, 0.05) is 13.1 Å². The summed E-state index contributed by atoms with van der Waals surface area (Å²) in [4.78, 5) is 0. The summed E-state index contributed by atoms with van der Waals surface area (Å²) >= 11 is 0. The highest BCUT2D eigenvalue weighted by Gasteiger charge is 2.04. The van der Waals surface area contributed by atoms with Gasteiger partial charge in [-0.15, -0.1) is 0 Å². The van der Waals surface area contributed by atoms with Crippen LogP contribution in [0.15, 0.2) is 78.9 Å². The summed E-state index contributed by atoms with van der Waals surface area (Å²) in [6, 6.07) is 20.5. The molecule has 2 N–H and O–H groups in total. The summed E-state index contributed by atoms with van der Waals surface area (Å²) in [5.74, 6) is 0. The summed E-state index contributed by atoms with van der Waals surface area (Å²) < 4.78 is 0. The number of hydrogen-bond donors (Lipinski definition) is 2. The van der Waals surface area contributed by atoms with Crippen LogP contribution in [-0.4, -0.2) is 17.8 Å². The smallest absolute Gasteiger partial charge is 0.0908 e. The van der Waals surface area contributed by atoms with E-state index in [4.69, 9.17) is 0 Å². The van der Waals surface area contributed by atoms with Crippen LogP contribution >= 0.6 is 0 Å². The van der Waals surface area contributed by atoms with Gasteiger partial charge in [-0.2, -0.15) is 0 Å². The van der Waals surface area contributed by atoms with Gasteiger partial charge < -0.3 is 10.4 Å². The molecular formula is C20H23NO. The molecule has 0 radical (unpaired) electrons. The van der Waals surface area contributed by atoms with Gasteiger partial charge in [0.2, 0.25) is 0 Å². The van der Waals surface area contributed by atoms with Crippen molar-refractivity contribution in [1.82, 2.24) is 5.32 Å². The SMILES string of the molecule is C/C=C/C(O)/C=C(\CNCc1ccccc1)c1ccccc1. The third-order valence-corrected chi connectivity index (χ3v) is 3.39. The van der Waals surface area contributed by atoms with Gasteiger partial charge in [-0.3, -0.25) is 0 Å². The van der Waals surface area contributed by atoms with Gasteiger partial charge in [0.25, 0.3) is 0 Å². The molecule has 2 rings (SSSR count). The molecule has 0 bridgehead atoms. The molecule has 0 saturated carbocycles. The molecule has 0 spiro atoms. The largest absolute Gasteiger partial charge is 0.385 e. The van der Waals surface area contributed by atoms with Crippen molar-refractivity contribution >= 4 is 5.57 Å². The Bertz CT molecular complexity index is 602. The number of allylic oxidation sites excluding steroid dienone is 1. The normalized spacial score (nSPS) is 13.5. The van der Waals surface area contributed by atoms with Gasteiger partial charge in [-0.05, 0) is 29.7 Å². The minimum atomic E-state index is -0.557. The number of rotatable bonds is 7. The summed E-state index contributed by atoms with van der Waals surface area (Å²) in [7, 11) is 0. The Morgan fingerprint density at radius 1 is 1.05 bits per heavy atom. The van der Waals surface area contributed by atoms with Gasteiger partial charge in [0.15, 0.2) is 0 Å². The van der Waals surface area contributed by atoms with Crippen LogP contribution in [0.1, 0.15) is 18.1 Å². The van der Waals surface area contributed by atoms with Crippen LogP contribution in [0.4, 0.5) is 0 Å². The van der Waals surface area contributed by atoms with Gasteiger partial charge in [0.1, 0.15) is 0 Å². The topological polar surface area (TPSA) is 32.3 Å². The maximum Gasteiger partial charge on any atom is 0.0908 e. The van der Waals surface area contributed by atoms with E-state index >= 15 is 0 Å². The third kappa shape index (κ3) is 5.32. The lowest BCUT2D eigenvalue weighted by Crippen LogP contribution is -2.17. The van der Waals surface area contributed by atoms with E-state index < -0.39 is 6.10 Å². The van der Waals surface area contributed by atoms with Gasteiger partial charge in [-0.25, -0.2) is 0 Å². The predicted octanol–water partition coefficient (Wildman–Crippen LogP) is 3.80. The van der Waals surface area contributed by atoms with E-state index in [1.165, 1.54) is 5.56 Å². The standard InChI is InChI=1S/C20H23NO/c1-2-9-20(22)14-19(18-12-7-4-8-13-18)16-21-15-17-10-5-3-6-11-17/h2-14,20-22H,15-16H2,1H3/b9-2+,19-14+. The highest BCUT2D eigenvalue weighted by molar-refractivity contribution is 5.67. The molecule has 0 saturated heterocycles. The summed E-state index contributed by atoms with van der Waals surface area (Å²) in [6.45, 7) is 3.44. The van der Waals surface area contributed by atoms with Crippen LogP contribution in [0.3, 0.4) is 0 Å². The Labute approximate surface area is 132 Å². The summed E-state index contributed by atoms with van der Waals surface area (Å²) in [5.41, 5.74) is 3.48. The number of nitrogens with one attached hydrogen (secondary N) is 1. The van der Waals surface area contributed by atoms with Gasteiger partial charge >= 0.3 is 0 Å². The molecule has 2 aromatic carbocycles. The predicted molar refractivity (Wildman–Crippen MR) is 93.4 cm³/mol. The fraction of sp³-hybridized carbons (Fsp3) is 0.200. The number of aliphatic hydroxyl groups excluding tert-OH is 1. The first-order valence-corrected chi connectivity index (χ1v) is 7.61. The fourth-order valence-electron chi connectivity index (χ4n) is 2.31. The number of hydrogen-bond acceptors (Lipinski definition) is 2. The van der Waals surface area contributed by atoms with Crippen molar-refractivity contribution in [3.63, 3.8) is 0 Å². The molecule has 22 heavy (non-hydrogen) atoms. The van der Waals surface area contributed by atoms with Gasteiger partial charge in [-0.1, -0.05) is 72.8 Å². The van der Waals surface area contributed by atoms with E-state index in [0.29, 0.717) is 6.54 Å². The van der Waals surface area contributed by atoms with E-state index in [-0.39, 0.29) is 0 Å². The van der Waals surface area contributed by atoms with Gasteiger partial charge in [0.05, 0.1) is 6.10 Å². The second-order valence-electron chi connectivity index (χ2n) is 5.16. The van der Waals surface area contributed by atoms with E-state index in [0.717, 1.165) is 17.7 Å².